The largest absolute Gasteiger partial charge is 0.309 e. The van der Waals surface area contributed by atoms with Gasteiger partial charge < -0.3 is 4.90 Å². The van der Waals surface area contributed by atoms with Gasteiger partial charge in [-0.2, -0.15) is 0 Å². The predicted molar refractivity (Wildman–Crippen MR) is 131 cm³/mol. The van der Waals surface area contributed by atoms with Crippen LogP contribution in [0.5, 0.6) is 0 Å². The first-order chi connectivity index (χ1) is 14.1. The summed E-state index contributed by atoms with van der Waals surface area (Å²) in [7, 11) is 0. The van der Waals surface area contributed by atoms with Crippen LogP contribution in [0.3, 0.4) is 0 Å². The summed E-state index contributed by atoms with van der Waals surface area (Å²) in [5.41, 5.74) is 13.8. The second-order valence-corrected chi connectivity index (χ2v) is 10.2. The van der Waals surface area contributed by atoms with E-state index in [1.54, 1.807) is 0 Å². The molecule has 1 nitrogen and oxygen atoms in total. The van der Waals surface area contributed by atoms with Gasteiger partial charge in [-0.3, -0.25) is 0 Å². The van der Waals surface area contributed by atoms with Crippen molar-refractivity contribution in [3.63, 3.8) is 0 Å². The van der Waals surface area contributed by atoms with Gasteiger partial charge in [0.15, 0.2) is 0 Å². The molecule has 156 valence electrons. The van der Waals surface area contributed by atoms with Gasteiger partial charge in [-0.05, 0) is 92.3 Å². The van der Waals surface area contributed by atoms with Gasteiger partial charge >= 0.3 is 0 Å². The highest BCUT2D eigenvalue weighted by Crippen LogP contribution is 2.45. The van der Waals surface area contributed by atoms with Crippen LogP contribution in [0.2, 0.25) is 0 Å². The number of aryl methyl sites for hydroxylation is 6. The molecule has 0 saturated carbocycles. The van der Waals surface area contributed by atoms with E-state index in [9.17, 15) is 0 Å². The molecule has 3 aromatic carbocycles. The minimum Gasteiger partial charge on any atom is -0.309 e. The smallest absolute Gasteiger partial charge is 0.0520 e. The van der Waals surface area contributed by atoms with Crippen molar-refractivity contribution >= 4 is 17.1 Å². The van der Waals surface area contributed by atoms with Crippen molar-refractivity contribution in [3.05, 3.63) is 87.5 Å². The first-order valence-electron chi connectivity index (χ1n) is 11.3. The van der Waals surface area contributed by atoms with Crippen LogP contribution < -0.4 is 4.90 Å². The summed E-state index contributed by atoms with van der Waals surface area (Å²) in [6.07, 6.45) is 3.44. The summed E-state index contributed by atoms with van der Waals surface area (Å²) in [5, 5.41) is 0. The van der Waals surface area contributed by atoms with Gasteiger partial charge in [0, 0.05) is 11.4 Å². The summed E-state index contributed by atoms with van der Waals surface area (Å²) in [5.74, 6) is 0. The van der Waals surface area contributed by atoms with Crippen LogP contribution in [-0.2, 0) is 18.3 Å². The summed E-state index contributed by atoms with van der Waals surface area (Å²) in [6, 6.07) is 18.7. The second kappa shape index (κ2) is 7.61. The molecule has 3 aromatic rings. The van der Waals surface area contributed by atoms with E-state index < -0.39 is 0 Å². The average Bonchev–Trinajstić information content (AvgIpc) is 2.64. The van der Waals surface area contributed by atoms with Crippen molar-refractivity contribution in [2.75, 3.05) is 4.90 Å². The fourth-order valence-electron chi connectivity index (χ4n) is 4.85. The van der Waals surface area contributed by atoms with Gasteiger partial charge in [-0.25, -0.2) is 0 Å². The molecule has 0 amide bonds. The molecule has 0 bridgehead atoms. The molecule has 0 saturated heterocycles. The Balaban J connectivity index is 2.01. The Kier molecular flexibility index (Phi) is 5.26. The summed E-state index contributed by atoms with van der Waals surface area (Å²) in [6.45, 7) is 15.9. The predicted octanol–water partition coefficient (Wildman–Crippen LogP) is 8.18. The third-order valence-electron chi connectivity index (χ3n) is 6.42. The standard InChI is InChI=1S/C29H35N/c1-19-11-13-26-23(15-19)9-8-10-24-16-20(2)12-14-27(24)30(26)28-21(3)17-25(18-22(28)4)29(5,6)7/h11-18H,8-10H2,1-7H3. The van der Waals surface area contributed by atoms with Gasteiger partial charge in [-0.1, -0.05) is 68.3 Å². The fraction of sp³-hybridized carbons (Fsp3) is 0.379. The molecular formula is C29H35N. The zero-order chi connectivity index (χ0) is 21.6. The van der Waals surface area contributed by atoms with E-state index >= 15 is 0 Å². The Morgan fingerprint density at radius 2 is 1.13 bits per heavy atom. The molecule has 1 heteroatoms. The molecule has 0 radical (unpaired) electrons. The molecule has 1 aliphatic rings. The Labute approximate surface area is 182 Å². The zero-order valence-corrected chi connectivity index (χ0v) is 19.7. The van der Waals surface area contributed by atoms with E-state index in [1.807, 2.05) is 0 Å². The first-order valence-corrected chi connectivity index (χ1v) is 11.3. The quantitative estimate of drug-likeness (QED) is 0.400. The lowest BCUT2D eigenvalue weighted by Crippen LogP contribution is -2.20. The van der Waals surface area contributed by atoms with Crippen molar-refractivity contribution in [1.29, 1.82) is 0 Å². The van der Waals surface area contributed by atoms with Crippen molar-refractivity contribution in [2.45, 2.75) is 73.1 Å². The maximum atomic E-state index is 2.54. The normalized spacial score (nSPS) is 14.0. The van der Waals surface area contributed by atoms with E-state index in [0.717, 1.165) is 12.8 Å². The van der Waals surface area contributed by atoms with Crippen LogP contribution in [0, 0.1) is 27.7 Å². The van der Waals surface area contributed by atoms with E-state index in [0.29, 0.717) is 0 Å². The molecule has 0 atom stereocenters. The SMILES string of the molecule is Cc1ccc2c(c1)CCCc1cc(C)ccc1N2c1c(C)cc(C(C)(C)C)cc1C. The van der Waals surface area contributed by atoms with Gasteiger partial charge in [0.1, 0.15) is 0 Å². The molecule has 4 rings (SSSR count). The summed E-state index contributed by atoms with van der Waals surface area (Å²) < 4.78 is 0. The molecule has 0 unspecified atom stereocenters. The number of anilines is 3. The van der Waals surface area contributed by atoms with Crippen LogP contribution >= 0.6 is 0 Å². The molecule has 1 aliphatic heterocycles. The molecular weight excluding hydrogens is 362 g/mol. The number of hydrogen-bond donors (Lipinski definition) is 0. The molecule has 1 heterocycles. The van der Waals surface area contributed by atoms with Gasteiger partial charge in [0.2, 0.25) is 0 Å². The maximum absolute atomic E-state index is 2.54. The fourth-order valence-corrected chi connectivity index (χ4v) is 4.85. The lowest BCUT2D eigenvalue weighted by molar-refractivity contribution is 0.589. The summed E-state index contributed by atoms with van der Waals surface area (Å²) >= 11 is 0. The zero-order valence-electron chi connectivity index (χ0n) is 19.7. The molecule has 0 spiro atoms. The highest BCUT2D eigenvalue weighted by Gasteiger charge is 2.25. The number of rotatable bonds is 1. The number of benzene rings is 3. The molecule has 0 fully saturated rings. The third-order valence-corrected chi connectivity index (χ3v) is 6.42. The van der Waals surface area contributed by atoms with Crippen LogP contribution in [-0.4, -0.2) is 0 Å². The van der Waals surface area contributed by atoms with Crippen molar-refractivity contribution in [3.8, 4) is 0 Å². The van der Waals surface area contributed by atoms with Gasteiger partial charge in [-0.15, -0.1) is 0 Å². The summed E-state index contributed by atoms with van der Waals surface area (Å²) in [4.78, 5) is 2.54. The number of nitrogens with zero attached hydrogens (tertiary/aromatic N) is 1. The van der Waals surface area contributed by atoms with Crippen molar-refractivity contribution in [2.24, 2.45) is 0 Å². The van der Waals surface area contributed by atoms with Gasteiger partial charge in [0.05, 0.1) is 5.69 Å². The van der Waals surface area contributed by atoms with Crippen LogP contribution in [0.1, 0.15) is 66.1 Å². The molecule has 0 N–H and O–H groups in total. The lowest BCUT2D eigenvalue weighted by Gasteiger charge is -2.35. The Hall–Kier alpha value is -2.54. The Morgan fingerprint density at radius 3 is 1.57 bits per heavy atom. The van der Waals surface area contributed by atoms with E-state index in [-0.39, 0.29) is 5.41 Å². The minimum absolute atomic E-state index is 0.147. The van der Waals surface area contributed by atoms with E-state index in [1.165, 1.54) is 62.4 Å². The average molecular weight is 398 g/mol. The van der Waals surface area contributed by atoms with Crippen molar-refractivity contribution < 1.29 is 0 Å². The highest BCUT2D eigenvalue weighted by molar-refractivity contribution is 5.84. The van der Waals surface area contributed by atoms with Crippen molar-refractivity contribution in [1.82, 2.24) is 0 Å². The first kappa shape index (κ1) is 20.7. The molecule has 0 aromatic heterocycles. The van der Waals surface area contributed by atoms with Crippen LogP contribution in [0.25, 0.3) is 0 Å². The highest BCUT2D eigenvalue weighted by atomic mass is 15.2. The van der Waals surface area contributed by atoms with E-state index in [4.69, 9.17) is 0 Å². The number of fused-ring (bicyclic) bond motifs is 2. The maximum Gasteiger partial charge on any atom is 0.0520 e. The second-order valence-electron chi connectivity index (χ2n) is 10.2. The van der Waals surface area contributed by atoms with Crippen LogP contribution in [0.4, 0.5) is 17.1 Å². The lowest BCUT2D eigenvalue weighted by atomic mass is 9.84. The van der Waals surface area contributed by atoms with E-state index in [2.05, 4.69) is 102 Å². The van der Waals surface area contributed by atoms with Crippen LogP contribution in [0.15, 0.2) is 48.5 Å². The van der Waals surface area contributed by atoms with Gasteiger partial charge in [0.25, 0.3) is 0 Å². The Bertz CT molecular complexity index is 1020. The molecule has 0 aliphatic carbocycles. The monoisotopic (exact) mass is 397 g/mol. The minimum atomic E-state index is 0.147. The molecule has 30 heavy (non-hydrogen) atoms. The Morgan fingerprint density at radius 1 is 0.667 bits per heavy atom. The number of hydrogen-bond acceptors (Lipinski definition) is 1. The third kappa shape index (κ3) is 3.78. The topological polar surface area (TPSA) is 3.24 Å².